The number of carbonyl (C=O) groups excluding carboxylic acids is 13. The number of thioether (sulfide) groups is 1. The van der Waals surface area contributed by atoms with Crippen LogP contribution in [0, 0.1) is 0 Å². The molecule has 48 nitrogen and oxygen atoms in total. The van der Waals surface area contributed by atoms with Crippen LogP contribution in [0.15, 0.2) is 0 Å². The highest BCUT2D eigenvalue weighted by atomic mass is 32.2. The maximum Gasteiger partial charge on any atom is 0.315 e. The minimum atomic E-state index is -1.57. The Labute approximate surface area is 772 Å². The van der Waals surface area contributed by atoms with Gasteiger partial charge in [0.05, 0.1) is 111 Å². The molecule has 0 aromatic rings. The Balaban J connectivity index is 1.09. The van der Waals surface area contributed by atoms with Gasteiger partial charge in [-0.1, -0.05) is 6.42 Å². The monoisotopic (exact) mass is 1910 g/mol. The summed E-state index contributed by atoms with van der Waals surface area (Å²) in [5, 5.41) is 130. The van der Waals surface area contributed by atoms with E-state index in [9.17, 15) is 108 Å². The largest absolute Gasteiger partial charge is 0.394 e. The Hall–Kier alpha value is -7.58. The number of rotatable bonds is 72. The number of carbonyl (C=O) groups is 13. The molecule has 0 bridgehead atoms. The van der Waals surface area contributed by atoms with E-state index in [2.05, 4.69) is 74.4 Å². The normalized spacial score (nSPS) is 24.4. The summed E-state index contributed by atoms with van der Waals surface area (Å²) in [6.45, 7) is 2.92. The number of aliphatic hydroxyl groups excluding tert-OH is 9. The van der Waals surface area contributed by atoms with Crippen molar-refractivity contribution in [3.8, 4) is 0 Å². The summed E-state index contributed by atoms with van der Waals surface area (Å²) in [5.41, 5.74) is -1.57. The van der Waals surface area contributed by atoms with Gasteiger partial charge in [0.2, 0.25) is 70.9 Å². The first-order valence-corrected chi connectivity index (χ1v) is 46.6. The average Bonchev–Trinajstić information content (AvgIpc) is 1.38. The molecule has 5 fully saturated rings. The molecule has 5 saturated heterocycles. The zero-order chi connectivity index (χ0) is 96.4. The third kappa shape index (κ3) is 46.8. The molecule has 5 aliphatic rings. The number of ether oxygens (including phenoxy) is 12. The third-order valence-corrected chi connectivity index (χ3v) is 23.0. The Bertz CT molecular complexity index is 3170. The van der Waals surface area contributed by atoms with E-state index in [1.807, 2.05) is 11.8 Å². The maximum atomic E-state index is 14.0. The van der Waals surface area contributed by atoms with Crippen LogP contribution in [0.1, 0.15) is 156 Å². The van der Waals surface area contributed by atoms with Gasteiger partial charge in [-0.05, 0) is 70.6 Å². The van der Waals surface area contributed by atoms with E-state index < -0.39 is 165 Å². The van der Waals surface area contributed by atoms with Crippen LogP contribution in [0.2, 0.25) is 0 Å². The fraction of sp³-hybridized carbons (Fsp3) is 0.843. The molecule has 1 unspecified atom stereocenters. The SMILES string of the molecule is CC(=O)N[C@H]1[C@H](OCCCCC(=O)NCCCNC(=O)CCOCC(COCCC(=O)NCCCNC(=O)CCCCOC2O[C@H](CO)[C@H](O)[C@H](O)[C@H]2NC(C)=O)(COCCC(=O)NCCCNC(=O)CCCCO[C@@H]2O[C@H](CO)[C@H](O)[C@H](O)[C@H]2NC(C)=O)NC(=O)CCNC(=O)CCOCCOCCOCCNC(=O)CCCC[C@@H]2SC[C@@H]3NC(=O)N[C@@H]32)O[C@H](CO)[C@H](O)[C@@H]1O. The number of urea groups is 1. The minimum absolute atomic E-state index is 0.0317. The number of hydrogen-bond acceptors (Lipinski definition) is 35. The zero-order valence-electron chi connectivity index (χ0n) is 76.0. The van der Waals surface area contributed by atoms with E-state index in [-0.39, 0.29) is 231 Å². The number of fused-ring (bicyclic) bond motifs is 1. The Kier molecular flexibility index (Phi) is 58.1. The van der Waals surface area contributed by atoms with Crippen molar-refractivity contribution in [3.63, 3.8) is 0 Å². The maximum absolute atomic E-state index is 14.0. The minimum Gasteiger partial charge on any atom is -0.394 e. The lowest BCUT2D eigenvalue weighted by atomic mass is 9.97. The highest BCUT2D eigenvalue weighted by molar-refractivity contribution is 8.00. The van der Waals surface area contributed by atoms with Gasteiger partial charge in [0.25, 0.3) is 0 Å². The summed E-state index contributed by atoms with van der Waals surface area (Å²) < 4.78 is 68.8. The molecule has 23 N–H and O–H groups in total. The van der Waals surface area contributed by atoms with Crippen molar-refractivity contribution in [3.05, 3.63) is 0 Å². The standard InChI is InChI=1S/C83H146N14O34S/c1-52(101)92-70-76(116)73(113)56(45-98)129-79(70)126-33-9-6-17-60(104)84-25-12-28-87-64(108)22-37-123-49-83(50-124-38-23-65(109)88-29-13-26-85-61(105)18-7-10-34-127-80-71(93-53(2)102)77(117)74(114)57(46-99)130-80,51-125-39-24-66(110)89-30-14-27-86-62(106)19-8-11-35-128-81-72(94-54(3)103)78(118)75(115)58(47-100)131-81)97-68(112)20-31-90-67(111)21-36-120-41-43-122-44-42-121-40-32-91-63(107)16-5-4-15-59-69-55(48-132-59)95-82(119)96-69/h55-59,69-81,98-100,113-118H,4-51H2,1-3H3,(H,84,104)(H,85,105)(H,86,106)(H,87,108)(H,88,109)(H,89,110)(H,90,111)(H,91,107)(H,92,101)(H,93,102)(H,94,103)(H,97,112)(H2,95,96,119)/t55-,56+,57+,58+,59-,69-,70+,71+,72+,73-,74-,75-,76+,77+,78+,79+,80+,81?/m0/s1. The molecule has 132 heavy (non-hydrogen) atoms. The highest BCUT2D eigenvalue weighted by Gasteiger charge is 2.49. The fourth-order valence-electron chi connectivity index (χ4n) is 14.4. The van der Waals surface area contributed by atoms with Crippen LogP contribution in [-0.2, 0) is 114 Å². The lowest BCUT2D eigenvalue weighted by molar-refractivity contribution is -0.270. The smallest absolute Gasteiger partial charge is 0.315 e. The molecule has 14 amide bonds. The second-order valence-corrected chi connectivity index (χ2v) is 33.9. The van der Waals surface area contributed by atoms with E-state index in [4.69, 9.17) is 56.8 Å². The summed E-state index contributed by atoms with van der Waals surface area (Å²) in [6.07, 6.45) is -10.1. The number of hydrogen-bond donors (Lipinski definition) is 23. The zero-order valence-corrected chi connectivity index (χ0v) is 76.8. The van der Waals surface area contributed by atoms with Crippen molar-refractivity contribution in [1.29, 1.82) is 0 Å². The van der Waals surface area contributed by atoms with Crippen LogP contribution in [-0.4, -0.2) is 415 Å². The Morgan fingerprint density at radius 1 is 0.348 bits per heavy atom. The van der Waals surface area contributed by atoms with Gasteiger partial charge < -0.3 is 177 Å². The summed E-state index contributed by atoms with van der Waals surface area (Å²) in [7, 11) is 0. The van der Waals surface area contributed by atoms with Crippen LogP contribution in [0.5, 0.6) is 0 Å². The van der Waals surface area contributed by atoms with Crippen molar-refractivity contribution < 1.29 is 165 Å². The molecular formula is C83H146N14O34S. The molecule has 0 aromatic heterocycles. The van der Waals surface area contributed by atoms with Crippen LogP contribution < -0.4 is 74.4 Å². The summed E-state index contributed by atoms with van der Waals surface area (Å²) in [5.74, 6) is -3.84. The first-order valence-electron chi connectivity index (χ1n) is 45.6. The second kappa shape index (κ2) is 66.8. The van der Waals surface area contributed by atoms with E-state index >= 15 is 0 Å². The molecule has 5 heterocycles. The van der Waals surface area contributed by atoms with Crippen molar-refractivity contribution in [2.45, 2.75) is 270 Å². The first kappa shape index (κ1) is 115. The summed E-state index contributed by atoms with van der Waals surface area (Å²) >= 11 is 1.84. The second-order valence-electron chi connectivity index (χ2n) is 32.6. The number of aliphatic hydroxyl groups is 9. The number of nitrogens with one attached hydrogen (secondary N) is 14. The molecule has 0 spiro atoms. The van der Waals surface area contributed by atoms with Crippen molar-refractivity contribution in [1.82, 2.24) is 74.4 Å². The fourth-order valence-corrected chi connectivity index (χ4v) is 15.9. The Morgan fingerprint density at radius 3 is 1.01 bits per heavy atom. The van der Waals surface area contributed by atoms with Crippen molar-refractivity contribution in [2.75, 3.05) is 177 Å². The van der Waals surface area contributed by atoms with E-state index in [0.29, 0.717) is 82.6 Å². The Morgan fingerprint density at radius 2 is 0.659 bits per heavy atom. The molecule has 0 saturated carbocycles. The molecule has 5 rings (SSSR count). The number of unbranched alkanes of at least 4 members (excludes halogenated alkanes) is 4. The molecule has 0 aromatic carbocycles. The lowest BCUT2D eigenvalue weighted by Gasteiger charge is -2.42. The van der Waals surface area contributed by atoms with Crippen molar-refractivity contribution >= 4 is 88.7 Å². The third-order valence-electron chi connectivity index (χ3n) is 21.5. The summed E-state index contributed by atoms with van der Waals surface area (Å²) in [6, 6.07) is -3.17. The van der Waals surface area contributed by atoms with Gasteiger partial charge >= 0.3 is 6.03 Å². The van der Waals surface area contributed by atoms with Crippen LogP contribution >= 0.6 is 11.8 Å². The predicted molar refractivity (Wildman–Crippen MR) is 466 cm³/mol. The van der Waals surface area contributed by atoms with Crippen LogP contribution in [0.4, 0.5) is 4.79 Å². The molecule has 5 aliphatic heterocycles. The first-order chi connectivity index (χ1) is 63.5. The van der Waals surface area contributed by atoms with Crippen LogP contribution in [0.25, 0.3) is 0 Å². The predicted octanol–water partition coefficient (Wildman–Crippen LogP) is -7.89. The van der Waals surface area contributed by atoms with Gasteiger partial charge in [-0.2, -0.15) is 11.8 Å². The van der Waals surface area contributed by atoms with Gasteiger partial charge in [0.1, 0.15) is 78.6 Å². The molecule has 758 valence electrons. The van der Waals surface area contributed by atoms with E-state index in [1.165, 1.54) is 20.8 Å². The molecule has 0 aliphatic carbocycles. The highest BCUT2D eigenvalue weighted by Crippen LogP contribution is 2.34. The van der Waals surface area contributed by atoms with Gasteiger partial charge in [0.15, 0.2) is 18.9 Å². The van der Waals surface area contributed by atoms with Crippen molar-refractivity contribution in [2.24, 2.45) is 0 Å². The van der Waals surface area contributed by atoms with E-state index in [0.717, 1.165) is 25.0 Å². The van der Waals surface area contributed by atoms with Crippen LogP contribution in [0.3, 0.4) is 0 Å². The summed E-state index contributed by atoms with van der Waals surface area (Å²) in [4.78, 5) is 164. The average molecular weight is 1920 g/mol. The molecule has 0 radical (unpaired) electrons. The van der Waals surface area contributed by atoms with Gasteiger partial charge in [0, 0.05) is 162 Å². The topological polar surface area (TPSA) is 683 Å². The van der Waals surface area contributed by atoms with Gasteiger partial charge in [-0.15, -0.1) is 0 Å². The molecule has 49 heteroatoms. The van der Waals surface area contributed by atoms with Gasteiger partial charge in [-0.25, -0.2) is 4.79 Å². The lowest BCUT2D eigenvalue weighted by Crippen LogP contribution is -2.64. The molecular weight excluding hydrogens is 1770 g/mol. The molecule has 18 atom stereocenters. The quantitative estimate of drug-likeness (QED) is 0.0199. The van der Waals surface area contributed by atoms with E-state index in [1.54, 1.807) is 0 Å². The van der Waals surface area contributed by atoms with Gasteiger partial charge in [-0.3, -0.25) is 57.5 Å². The number of amides is 14.